The fraction of sp³-hybridized carbons (Fsp3) is 0.250. The third-order valence-electron chi connectivity index (χ3n) is 2.86. The van der Waals surface area contributed by atoms with Crippen molar-refractivity contribution in [3.63, 3.8) is 0 Å². The number of carbonyl (C=O) groups is 1. The van der Waals surface area contributed by atoms with E-state index in [2.05, 4.69) is 11.9 Å². The first-order valence-electron chi connectivity index (χ1n) is 6.57. The van der Waals surface area contributed by atoms with Gasteiger partial charge in [0.05, 0.1) is 5.56 Å². The maximum Gasteiger partial charge on any atom is 0.335 e. The fourth-order valence-corrected chi connectivity index (χ4v) is 1.95. The van der Waals surface area contributed by atoms with Crippen molar-refractivity contribution in [1.29, 1.82) is 0 Å². The van der Waals surface area contributed by atoms with Gasteiger partial charge in [-0.3, -0.25) is 0 Å². The predicted octanol–water partition coefficient (Wildman–Crippen LogP) is 3.83. The Hall–Kier alpha value is -2.36. The molecule has 0 fully saturated rings. The molecule has 104 valence electrons. The van der Waals surface area contributed by atoms with Crippen LogP contribution < -0.4 is 4.74 Å². The average Bonchev–Trinajstić information content (AvgIpc) is 2.40. The van der Waals surface area contributed by atoms with Crippen molar-refractivity contribution in [2.75, 3.05) is 0 Å². The molecule has 2 aromatic rings. The van der Waals surface area contributed by atoms with Crippen LogP contribution in [-0.4, -0.2) is 16.1 Å². The molecule has 0 spiro atoms. The van der Waals surface area contributed by atoms with E-state index in [1.807, 2.05) is 24.3 Å². The van der Waals surface area contributed by atoms with Crippen LogP contribution in [0.25, 0.3) is 0 Å². The number of hydrogen-bond acceptors (Lipinski definition) is 3. The maximum absolute atomic E-state index is 11.0. The molecule has 0 saturated carbocycles. The number of rotatable bonds is 5. The van der Waals surface area contributed by atoms with Gasteiger partial charge < -0.3 is 9.84 Å². The third kappa shape index (κ3) is 3.57. The fourth-order valence-electron chi connectivity index (χ4n) is 1.95. The number of benzene rings is 1. The summed E-state index contributed by atoms with van der Waals surface area (Å²) in [4.78, 5) is 15.2. The molecular formula is C16H17NO3. The summed E-state index contributed by atoms with van der Waals surface area (Å²) < 4.78 is 5.61. The zero-order valence-electron chi connectivity index (χ0n) is 11.6. The van der Waals surface area contributed by atoms with Crippen molar-refractivity contribution in [2.45, 2.75) is 26.7 Å². The van der Waals surface area contributed by atoms with Crippen molar-refractivity contribution < 1.29 is 14.6 Å². The highest BCUT2D eigenvalue weighted by Gasteiger charge is 2.08. The van der Waals surface area contributed by atoms with Crippen molar-refractivity contribution >= 4 is 5.97 Å². The molecule has 1 heterocycles. The quantitative estimate of drug-likeness (QED) is 0.897. The number of aryl methyl sites for hydroxylation is 2. The smallest absolute Gasteiger partial charge is 0.335 e. The van der Waals surface area contributed by atoms with E-state index in [1.54, 1.807) is 6.92 Å². The molecule has 0 aliphatic rings. The molecule has 0 bridgehead atoms. The van der Waals surface area contributed by atoms with Crippen LogP contribution in [0.3, 0.4) is 0 Å². The monoisotopic (exact) mass is 271 g/mol. The molecule has 2 rings (SSSR count). The van der Waals surface area contributed by atoms with Crippen LogP contribution in [0.4, 0.5) is 0 Å². The molecule has 1 aromatic heterocycles. The van der Waals surface area contributed by atoms with Gasteiger partial charge in [0.2, 0.25) is 5.88 Å². The third-order valence-corrected chi connectivity index (χ3v) is 2.86. The van der Waals surface area contributed by atoms with Crippen LogP contribution in [0.5, 0.6) is 11.6 Å². The Balaban J connectivity index is 2.19. The van der Waals surface area contributed by atoms with Crippen LogP contribution >= 0.6 is 0 Å². The van der Waals surface area contributed by atoms with Gasteiger partial charge in [-0.1, -0.05) is 25.5 Å². The standard InChI is InChI=1S/C16H17NO3/c1-3-4-12-5-7-14(8-6-12)20-15-10-13(16(18)19)9-11(2)17-15/h5-10H,3-4H2,1-2H3,(H,18,19). The van der Waals surface area contributed by atoms with E-state index in [-0.39, 0.29) is 5.56 Å². The highest BCUT2D eigenvalue weighted by Crippen LogP contribution is 2.22. The summed E-state index contributed by atoms with van der Waals surface area (Å²) in [6, 6.07) is 10.7. The summed E-state index contributed by atoms with van der Waals surface area (Å²) >= 11 is 0. The van der Waals surface area contributed by atoms with E-state index in [9.17, 15) is 4.79 Å². The molecule has 0 radical (unpaired) electrons. The Labute approximate surface area is 118 Å². The number of pyridine rings is 1. The Kier molecular flexibility index (Phi) is 4.35. The van der Waals surface area contributed by atoms with Gasteiger partial charge in [0.15, 0.2) is 0 Å². The van der Waals surface area contributed by atoms with Crippen molar-refractivity contribution in [3.05, 3.63) is 53.2 Å². The highest BCUT2D eigenvalue weighted by atomic mass is 16.5. The summed E-state index contributed by atoms with van der Waals surface area (Å²) in [7, 11) is 0. The van der Waals surface area contributed by atoms with Gasteiger partial charge in [-0.2, -0.15) is 0 Å². The number of carboxylic acids is 1. The molecule has 0 unspecified atom stereocenters. The number of aromatic nitrogens is 1. The summed E-state index contributed by atoms with van der Waals surface area (Å²) in [6.07, 6.45) is 2.13. The number of aromatic carboxylic acids is 1. The largest absolute Gasteiger partial charge is 0.478 e. The SMILES string of the molecule is CCCc1ccc(Oc2cc(C(=O)O)cc(C)n2)cc1. The van der Waals surface area contributed by atoms with Gasteiger partial charge in [0.25, 0.3) is 0 Å². The second-order valence-corrected chi connectivity index (χ2v) is 4.64. The zero-order valence-corrected chi connectivity index (χ0v) is 11.6. The highest BCUT2D eigenvalue weighted by molar-refractivity contribution is 5.88. The van der Waals surface area contributed by atoms with Gasteiger partial charge in [-0.15, -0.1) is 0 Å². The van der Waals surface area contributed by atoms with E-state index < -0.39 is 5.97 Å². The molecule has 4 heteroatoms. The Morgan fingerprint density at radius 1 is 1.25 bits per heavy atom. The second-order valence-electron chi connectivity index (χ2n) is 4.64. The van der Waals surface area contributed by atoms with Crippen molar-refractivity contribution in [1.82, 2.24) is 4.98 Å². The number of hydrogen-bond donors (Lipinski definition) is 1. The van der Waals surface area contributed by atoms with E-state index in [4.69, 9.17) is 9.84 Å². The summed E-state index contributed by atoms with van der Waals surface area (Å²) in [5.41, 5.74) is 2.04. The summed E-state index contributed by atoms with van der Waals surface area (Å²) in [5, 5.41) is 9.01. The van der Waals surface area contributed by atoms with Gasteiger partial charge >= 0.3 is 5.97 Å². The number of ether oxygens (including phenoxy) is 1. The lowest BCUT2D eigenvalue weighted by Gasteiger charge is -2.07. The van der Waals surface area contributed by atoms with Gasteiger partial charge in [-0.05, 0) is 37.1 Å². The van der Waals surface area contributed by atoms with Crippen LogP contribution in [0.15, 0.2) is 36.4 Å². The number of carboxylic acid groups (broad SMARTS) is 1. The normalized spacial score (nSPS) is 10.3. The van der Waals surface area contributed by atoms with Gasteiger partial charge in [0.1, 0.15) is 5.75 Å². The molecule has 0 atom stereocenters. The minimum atomic E-state index is -0.987. The van der Waals surface area contributed by atoms with Crippen molar-refractivity contribution in [3.8, 4) is 11.6 Å². The van der Waals surface area contributed by atoms with E-state index >= 15 is 0 Å². The average molecular weight is 271 g/mol. The topological polar surface area (TPSA) is 59.4 Å². The molecule has 20 heavy (non-hydrogen) atoms. The first-order valence-corrected chi connectivity index (χ1v) is 6.57. The van der Waals surface area contributed by atoms with Crippen LogP contribution in [-0.2, 0) is 6.42 Å². The van der Waals surface area contributed by atoms with Crippen LogP contribution in [0, 0.1) is 6.92 Å². The minimum absolute atomic E-state index is 0.176. The maximum atomic E-state index is 11.0. The van der Waals surface area contributed by atoms with Crippen LogP contribution in [0.2, 0.25) is 0 Å². The predicted molar refractivity (Wildman–Crippen MR) is 76.4 cm³/mol. The zero-order chi connectivity index (χ0) is 14.5. The minimum Gasteiger partial charge on any atom is -0.478 e. The summed E-state index contributed by atoms with van der Waals surface area (Å²) in [5.74, 6) is -0.0384. The number of nitrogens with zero attached hydrogens (tertiary/aromatic N) is 1. The molecule has 1 N–H and O–H groups in total. The Morgan fingerprint density at radius 2 is 1.95 bits per heavy atom. The molecule has 0 aliphatic heterocycles. The first-order chi connectivity index (χ1) is 9.58. The second kappa shape index (κ2) is 6.19. The lowest BCUT2D eigenvalue weighted by atomic mass is 10.1. The molecule has 1 aromatic carbocycles. The van der Waals surface area contributed by atoms with Crippen LogP contribution in [0.1, 0.15) is 35.0 Å². The molecule has 0 saturated heterocycles. The Morgan fingerprint density at radius 3 is 2.55 bits per heavy atom. The van der Waals surface area contributed by atoms with Crippen molar-refractivity contribution in [2.24, 2.45) is 0 Å². The lowest BCUT2D eigenvalue weighted by Crippen LogP contribution is -2.00. The molecule has 0 amide bonds. The molecule has 4 nitrogen and oxygen atoms in total. The Bertz CT molecular complexity index is 606. The van der Waals surface area contributed by atoms with Gasteiger partial charge in [-0.25, -0.2) is 9.78 Å². The lowest BCUT2D eigenvalue weighted by molar-refractivity contribution is 0.0696. The van der Waals surface area contributed by atoms with Gasteiger partial charge in [0, 0.05) is 11.8 Å². The first kappa shape index (κ1) is 14.1. The molecular weight excluding hydrogens is 254 g/mol. The molecule has 0 aliphatic carbocycles. The van der Waals surface area contributed by atoms with E-state index in [0.717, 1.165) is 12.8 Å². The van der Waals surface area contributed by atoms with E-state index in [1.165, 1.54) is 17.7 Å². The summed E-state index contributed by atoms with van der Waals surface area (Å²) in [6.45, 7) is 3.87. The van der Waals surface area contributed by atoms with E-state index in [0.29, 0.717) is 17.3 Å².